The van der Waals surface area contributed by atoms with Crippen LogP contribution < -0.4 is 10.2 Å². The number of likely N-dealkylation sites (N-methyl/N-ethyl adjacent to an activating group) is 1. The fourth-order valence-corrected chi connectivity index (χ4v) is 5.55. The number of nitrogens with one attached hydrogen (secondary N) is 2. The summed E-state index contributed by atoms with van der Waals surface area (Å²) in [7, 11) is 1.99. The maximum atomic E-state index is 13.3. The zero-order valence-corrected chi connectivity index (χ0v) is 22.9. The van der Waals surface area contributed by atoms with Crippen LogP contribution in [-0.4, -0.2) is 87.4 Å². The fraction of sp³-hybridized carbons (Fsp3) is 0.500. The van der Waals surface area contributed by atoms with Crippen LogP contribution in [0.1, 0.15) is 51.9 Å². The van der Waals surface area contributed by atoms with Crippen LogP contribution in [0.25, 0.3) is 22.3 Å². The highest BCUT2D eigenvalue weighted by Gasteiger charge is 2.26. The SMILES string of the molecule is CC(=O)N(C(C)C)[C@@H](C)CN(C)c1cccc(-c2c[nH]c3ncc(C(=O)N4C[C@@H](C)N[C@@H](C)C4)cc23)n1. The van der Waals surface area contributed by atoms with Gasteiger partial charge < -0.3 is 25.0 Å². The number of rotatable bonds is 7. The Morgan fingerprint density at radius 1 is 1.16 bits per heavy atom. The highest BCUT2D eigenvalue weighted by atomic mass is 16.2. The number of fused-ring (bicyclic) bond motifs is 1. The first-order chi connectivity index (χ1) is 17.5. The maximum Gasteiger partial charge on any atom is 0.255 e. The first-order valence-electron chi connectivity index (χ1n) is 13.0. The highest BCUT2D eigenvalue weighted by Crippen LogP contribution is 2.29. The predicted molar refractivity (Wildman–Crippen MR) is 148 cm³/mol. The largest absolute Gasteiger partial charge is 0.358 e. The van der Waals surface area contributed by atoms with E-state index in [9.17, 15) is 9.59 Å². The molecule has 9 nitrogen and oxygen atoms in total. The van der Waals surface area contributed by atoms with E-state index in [1.165, 1.54) is 0 Å². The molecule has 0 bridgehead atoms. The first kappa shape index (κ1) is 26.6. The Labute approximate surface area is 219 Å². The monoisotopic (exact) mass is 505 g/mol. The normalized spacial score (nSPS) is 18.8. The van der Waals surface area contributed by atoms with Crippen molar-refractivity contribution in [2.45, 2.75) is 65.7 Å². The van der Waals surface area contributed by atoms with Gasteiger partial charge in [-0.15, -0.1) is 0 Å². The zero-order chi connectivity index (χ0) is 26.9. The van der Waals surface area contributed by atoms with Crippen molar-refractivity contribution in [3.63, 3.8) is 0 Å². The van der Waals surface area contributed by atoms with E-state index in [4.69, 9.17) is 4.98 Å². The van der Waals surface area contributed by atoms with E-state index >= 15 is 0 Å². The molecule has 1 aliphatic rings. The van der Waals surface area contributed by atoms with E-state index in [0.29, 0.717) is 25.2 Å². The van der Waals surface area contributed by atoms with E-state index in [2.05, 4.69) is 41.0 Å². The van der Waals surface area contributed by atoms with Gasteiger partial charge in [-0.3, -0.25) is 9.59 Å². The van der Waals surface area contributed by atoms with Gasteiger partial charge in [0.1, 0.15) is 11.5 Å². The van der Waals surface area contributed by atoms with Crippen LogP contribution in [0.3, 0.4) is 0 Å². The Morgan fingerprint density at radius 3 is 2.51 bits per heavy atom. The molecular weight excluding hydrogens is 466 g/mol. The molecule has 2 amide bonds. The second-order valence-corrected chi connectivity index (χ2v) is 10.6. The topological polar surface area (TPSA) is 97.5 Å². The van der Waals surface area contributed by atoms with Crippen molar-refractivity contribution in [2.24, 2.45) is 0 Å². The Balaban J connectivity index is 1.59. The molecule has 1 fully saturated rings. The molecule has 0 radical (unpaired) electrons. The van der Waals surface area contributed by atoms with Crippen molar-refractivity contribution in [3.05, 3.63) is 42.2 Å². The van der Waals surface area contributed by atoms with Crippen molar-refractivity contribution in [1.29, 1.82) is 0 Å². The summed E-state index contributed by atoms with van der Waals surface area (Å²) in [6, 6.07) is 8.50. The van der Waals surface area contributed by atoms with Crippen molar-refractivity contribution in [1.82, 2.24) is 30.1 Å². The quantitative estimate of drug-likeness (QED) is 0.510. The van der Waals surface area contributed by atoms with E-state index < -0.39 is 0 Å². The minimum Gasteiger partial charge on any atom is -0.358 e. The van der Waals surface area contributed by atoms with Crippen LogP contribution in [0.4, 0.5) is 5.82 Å². The van der Waals surface area contributed by atoms with Gasteiger partial charge in [0.05, 0.1) is 11.3 Å². The van der Waals surface area contributed by atoms with Gasteiger partial charge in [0, 0.05) is 81.1 Å². The third-order valence-electron chi connectivity index (χ3n) is 6.96. The van der Waals surface area contributed by atoms with E-state index in [1.54, 1.807) is 13.1 Å². The molecule has 37 heavy (non-hydrogen) atoms. The third-order valence-corrected chi connectivity index (χ3v) is 6.96. The van der Waals surface area contributed by atoms with Crippen LogP contribution in [0.2, 0.25) is 0 Å². The summed E-state index contributed by atoms with van der Waals surface area (Å²) in [4.78, 5) is 44.0. The van der Waals surface area contributed by atoms with E-state index in [1.807, 2.05) is 61.2 Å². The number of hydrogen-bond acceptors (Lipinski definition) is 6. The lowest BCUT2D eigenvalue weighted by molar-refractivity contribution is -0.132. The number of aromatic amines is 1. The Morgan fingerprint density at radius 2 is 1.86 bits per heavy atom. The molecule has 0 saturated carbocycles. The molecule has 4 rings (SSSR count). The van der Waals surface area contributed by atoms with Crippen molar-refractivity contribution < 1.29 is 9.59 Å². The lowest BCUT2D eigenvalue weighted by Crippen LogP contribution is -2.55. The predicted octanol–water partition coefficient (Wildman–Crippen LogP) is 3.53. The molecular formula is C28H39N7O2. The van der Waals surface area contributed by atoms with Crippen LogP contribution in [0, 0.1) is 0 Å². The lowest BCUT2D eigenvalue weighted by Gasteiger charge is -2.36. The average molecular weight is 506 g/mol. The van der Waals surface area contributed by atoms with Crippen LogP contribution >= 0.6 is 0 Å². The van der Waals surface area contributed by atoms with Gasteiger partial charge in [0.15, 0.2) is 0 Å². The van der Waals surface area contributed by atoms with Crippen molar-refractivity contribution >= 4 is 28.7 Å². The summed E-state index contributed by atoms with van der Waals surface area (Å²) in [6.45, 7) is 13.9. The van der Waals surface area contributed by atoms with Gasteiger partial charge >= 0.3 is 0 Å². The molecule has 1 saturated heterocycles. The van der Waals surface area contributed by atoms with Gasteiger partial charge in [0.2, 0.25) is 5.91 Å². The van der Waals surface area contributed by atoms with Crippen LogP contribution in [-0.2, 0) is 4.79 Å². The lowest BCUT2D eigenvalue weighted by atomic mass is 10.1. The molecule has 1 aliphatic heterocycles. The number of aromatic nitrogens is 3. The maximum absolute atomic E-state index is 13.3. The highest BCUT2D eigenvalue weighted by molar-refractivity contribution is 6.00. The molecule has 0 aromatic carbocycles. The summed E-state index contributed by atoms with van der Waals surface area (Å²) in [5, 5.41) is 4.33. The van der Waals surface area contributed by atoms with E-state index in [-0.39, 0.29) is 36.0 Å². The Bertz CT molecular complexity index is 1260. The number of nitrogens with zero attached hydrogens (tertiary/aromatic N) is 5. The number of hydrogen-bond donors (Lipinski definition) is 2. The molecule has 3 atom stereocenters. The third kappa shape index (κ3) is 5.77. The number of carbonyl (C=O) groups is 2. The standard InChI is InChI=1S/C28H39N7O2/c1-17(2)35(21(6)36)20(5)16-33(7)26-10-8-9-25(32-26)24-13-30-27-23(24)11-22(12-29-27)28(37)34-14-18(3)31-19(4)15-34/h8-13,17-20,31H,14-16H2,1-7H3,(H,29,30)/t18-,19+,20-/m0/s1. The number of pyridine rings is 2. The first-order valence-corrected chi connectivity index (χ1v) is 13.0. The Kier molecular flexibility index (Phi) is 7.82. The average Bonchev–Trinajstić information content (AvgIpc) is 3.25. The Hall–Kier alpha value is -3.46. The molecule has 3 aromatic rings. The molecule has 198 valence electrons. The number of carbonyl (C=O) groups excluding carboxylic acids is 2. The minimum absolute atomic E-state index is 0.00245. The molecule has 0 unspecified atom stereocenters. The molecule has 4 heterocycles. The zero-order valence-electron chi connectivity index (χ0n) is 22.9. The smallest absolute Gasteiger partial charge is 0.255 e. The number of piperazine rings is 1. The van der Waals surface area contributed by atoms with Gasteiger partial charge in [-0.05, 0) is 52.8 Å². The van der Waals surface area contributed by atoms with Crippen molar-refractivity contribution in [2.75, 3.05) is 31.6 Å². The van der Waals surface area contributed by atoms with Crippen LogP contribution in [0.15, 0.2) is 36.7 Å². The number of H-pyrrole nitrogens is 1. The summed E-state index contributed by atoms with van der Waals surface area (Å²) < 4.78 is 0. The molecule has 3 aromatic heterocycles. The van der Waals surface area contributed by atoms with Crippen molar-refractivity contribution in [3.8, 4) is 11.3 Å². The van der Waals surface area contributed by atoms with Gasteiger partial charge in [0.25, 0.3) is 5.91 Å². The summed E-state index contributed by atoms with van der Waals surface area (Å²) >= 11 is 0. The van der Waals surface area contributed by atoms with Gasteiger partial charge in [-0.2, -0.15) is 0 Å². The van der Waals surface area contributed by atoms with E-state index in [0.717, 1.165) is 28.1 Å². The summed E-state index contributed by atoms with van der Waals surface area (Å²) in [6.07, 6.45) is 3.54. The van der Waals surface area contributed by atoms with Gasteiger partial charge in [-0.1, -0.05) is 6.07 Å². The fourth-order valence-electron chi connectivity index (χ4n) is 5.55. The molecule has 0 spiro atoms. The molecule has 0 aliphatic carbocycles. The summed E-state index contributed by atoms with van der Waals surface area (Å²) in [5.74, 6) is 0.881. The van der Waals surface area contributed by atoms with Gasteiger partial charge in [-0.25, -0.2) is 9.97 Å². The molecule has 9 heteroatoms. The minimum atomic E-state index is -0.00245. The molecule has 2 N–H and O–H groups in total. The van der Waals surface area contributed by atoms with Crippen LogP contribution in [0.5, 0.6) is 0 Å². The second kappa shape index (κ2) is 10.9. The summed E-state index contributed by atoms with van der Waals surface area (Å²) in [5.41, 5.74) is 2.99. The number of amides is 2. The number of anilines is 1. The second-order valence-electron chi connectivity index (χ2n) is 10.6.